The van der Waals surface area contributed by atoms with Crippen LogP contribution >= 0.6 is 0 Å². The van der Waals surface area contributed by atoms with Gasteiger partial charge in [0.15, 0.2) is 0 Å². The summed E-state index contributed by atoms with van der Waals surface area (Å²) >= 11 is 0. The van der Waals surface area contributed by atoms with Crippen molar-refractivity contribution in [2.45, 2.75) is 32.2 Å². The third-order valence-electron chi connectivity index (χ3n) is 5.00. The number of pyridine rings is 1. The largest absolute Gasteiger partial charge is 0.481 e. The third-order valence-corrected chi connectivity index (χ3v) is 5.00. The van der Waals surface area contributed by atoms with E-state index in [-0.39, 0.29) is 23.7 Å². The molecule has 1 aromatic heterocycles. The standard InChI is InChI=1S/C16H20N2O3/c19-15(18-9-10-2-1-7-17-8-10)13-11-3-5-12(6-4-11)14(13)16(20)21/h1-2,7-8,11-14H,3-6,9H2,(H,18,19)(H,20,21)/t11?,12?,13-,14-/m1/s1. The average molecular weight is 288 g/mol. The van der Waals surface area contributed by atoms with Crippen LogP contribution in [0.25, 0.3) is 0 Å². The smallest absolute Gasteiger partial charge is 0.307 e. The number of aromatic nitrogens is 1. The zero-order valence-corrected chi connectivity index (χ0v) is 11.9. The molecule has 1 aromatic rings. The third kappa shape index (κ3) is 2.77. The highest BCUT2D eigenvalue weighted by molar-refractivity contribution is 5.85. The van der Waals surface area contributed by atoms with Gasteiger partial charge in [0.2, 0.25) is 5.91 Å². The number of aliphatic carboxylic acids is 1. The summed E-state index contributed by atoms with van der Waals surface area (Å²) in [7, 11) is 0. The topological polar surface area (TPSA) is 79.3 Å². The van der Waals surface area contributed by atoms with Gasteiger partial charge in [0.05, 0.1) is 11.8 Å². The van der Waals surface area contributed by atoms with Gasteiger partial charge in [-0.05, 0) is 49.1 Å². The average Bonchev–Trinajstić information content (AvgIpc) is 2.53. The summed E-state index contributed by atoms with van der Waals surface area (Å²) in [5.41, 5.74) is 0.929. The molecule has 0 radical (unpaired) electrons. The van der Waals surface area contributed by atoms with Crippen LogP contribution in [0.4, 0.5) is 0 Å². The lowest BCUT2D eigenvalue weighted by Gasteiger charge is -2.45. The molecule has 4 rings (SSSR count). The van der Waals surface area contributed by atoms with E-state index in [0.29, 0.717) is 6.54 Å². The van der Waals surface area contributed by atoms with E-state index in [0.717, 1.165) is 31.2 Å². The van der Waals surface area contributed by atoms with Crippen LogP contribution < -0.4 is 5.32 Å². The van der Waals surface area contributed by atoms with E-state index in [1.54, 1.807) is 12.4 Å². The molecule has 0 saturated heterocycles. The van der Waals surface area contributed by atoms with Gasteiger partial charge >= 0.3 is 5.97 Å². The number of nitrogens with zero attached hydrogens (tertiary/aromatic N) is 1. The SMILES string of the molecule is O=C(O)[C@@H]1C2CCC(CC2)[C@H]1C(=O)NCc1cccnc1. The minimum absolute atomic E-state index is 0.111. The summed E-state index contributed by atoms with van der Waals surface area (Å²) in [5.74, 6) is -1.41. The molecule has 0 spiro atoms. The lowest BCUT2D eigenvalue weighted by atomic mass is 9.58. The van der Waals surface area contributed by atoms with Crippen LogP contribution in [-0.2, 0) is 16.1 Å². The number of carboxylic acid groups (broad SMARTS) is 1. The molecule has 3 fully saturated rings. The second kappa shape index (κ2) is 5.84. The van der Waals surface area contributed by atoms with Crippen LogP contribution in [0.3, 0.4) is 0 Å². The lowest BCUT2D eigenvalue weighted by Crippen LogP contribution is -2.50. The van der Waals surface area contributed by atoms with E-state index < -0.39 is 11.9 Å². The van der Waals surface area contributed by atoms with Crippen molar-refractivity contribution in [2.75, 3.05) is 0 Å². The quantitative estimate of drug-likeness (QED) is 0.886. The molecule has 112 valence electrons. The molecule has 3 saturated carbocycles. The van der Waals surface area contributed by atoms with E-state index in [4.69, 9.17) is 0 Å². The minimum Gasteiger partial charge on any atom is -0.481 e. The molecule has 5 nitrogen and oxygen atoms in total. The number of fused-ring (bicyclic) bond motifs is 3. The van der Waals surface area contributed by atoms with Crippen molar-refractivity contribution >= 4 is 11.9 Å². The predicted molar refractivity (Wildman–Crippen MR) is 76.1 cm³/mol. The Balaban J connectivity index is 1.69. The zero-order chi connectivity index (χ0) is 14.8. The van der Waals surface area contributed by atoms with Crippen molar-refractivity contribution in [3.8, 4) is 0 Å². The number of amides is 1. The Morgan fingerprint density at radius 1 is 1.19 bits per heavy atom. The highest BCUT2D eigenvalue weighted by Gasteiger charge is 2.50. The second-order valence-corrected chi connectivity index (χ2v) is 6.14. The molecule has 3 aliphatic rings. The van der Waals surface area contributed by atoms with Gasteiger partial charge < -0.3 is 10.4 Å². The van der Waals surface area contributed by atoms with E-state index in [2.05, 4.69) is 10.3 Å². The molecule has 0 aliphatic heterocycles. The maximum Gasteiger partial charge on any atom is 0.307 e. The first-order valence-corrected chi connectivity index (χ1v) is 7.56. The summed E-state index contributed by atoms with van der Waals surface area (Å²) in [5, 5.41) is 12.4. The predicted octanol–water partition coefficient (Wildman–Crippen LogP) is 1.83. The van der Waals surface area contributed by atoms with Gasteiger partial charge in [0, 0.05) is 18.9 Å². The number of carbonyl (C=O) groups is 2. The summed E-state index contributed by atoms with van der Waals surface area (Å²) in [6.45, 7) is 0.410. The number of rotatable bonds is 4. The number of carboxylic acids is 1. The van der Waals surface area contributed by atoms with Crippen LogP contribution in [0.1, 0.15) is 31.2 Å². The van der Waals surface area contributed by atoms with E-state index in [1.165, 1.54) is 0 Å². The summed E-state index contributed by atoms with van der Waals surface area (Å²) in [6, 6.07) is 3.72. The summed E-state index contributed by atoms with van der Waals surface area (Å²) in [4.78, 5) is 28.0. The van der Waals surface area contributed by atoms with Gasteiger partial charge in [-0.25, -0.2) is 0 Å². The Hall–Kier alpha value is -1.91. The van der Waals surface area contributed by atoms with Gasteiger partial charge in [-0.3, -0.25) is 14.6 Å². The van der Waals surface area contributed by atoms with Gasteiger partial charge in [-0.2, -0.15) is 0 Å². The van der Waals surface area contributed by atoms with Crippen molar-refractivity contribution in [2.24, 2.45) is 23.7 Å². The Morgan fingerprint density at radius 3 is 2.43 bits per heavy atom. The van der Waals surface area contributed by atoms with Crippen LogP contribution in [0.2, 0.25) is 0 Å². The van der Waals surface area contributed by atoms with Crippen molar-refractivity contribution in [3.05, 3.63) is 30.1 Å². The second-order valence-electron chi connectivity index (χ2n) is 6.14. The fourth-order valence-corrected chi connectivity index (χ4v) is 3.99. The monoisotopic (exact) mass is 288 g/mol. The zero-order valence-electron chi connectivity index (χ0n) is 11.9. The minimum atomic E-state index is -0.814. The molecule has 2 atom stereocenters. The fraction of sp³-hybridized carbons (Fsp3) is 0.562. The summed E-state index contributed by atoms with van der Waals surface area (Å²) < 4.78 is 0. The van der Waals surface area contributed by atoms with Crippen molar-refractivity contribution in [1.82, 2.24) is 10.3 Å². The number of nitrogens with one attached hydrogen (secondary N) is 1. The molecule has 1 heterocycles. The van der Waals surface area contributed by atoms with Gasteiger partial charge in [0.25, 0.3) is 0 Å². The first-order chi connectivity index (χ1) is 10.2. The molecule has 0 aromatic carbocycles. The molecule has 5 heteroatoms. The van der Waals surface area contributed by atoms with E-state index >= 15 is 0 Å². The van der Waals surface area contributed by atoms with Crippen LogP contribution in [0.5, 0.6) is 0 Å². The molecule has 3 aliphatic carbocycles. The van der Waals surface area contributed by atoms with Crippen LogP contribution in [0.15, 0.2) is 24.5 Å². The van der Waals surface area contributed by atoms with Crippen molar-refractivity contribution < 1.29 is 14.7 Å². The van der Waals surface area contributed by atoms with Crippen LogP contribution in [-0.4, -0.2) is 22.0 Å². The number of hydrogen-bond donors (Lipinski definition) is 2. The molecule has 2 bridgehead atoms. The molecule has 21 heavy (non-hydrogen) atoms. The Morgan fingerprint density at radius 2 is 1.86 bits per heavy atom. The maximum atomic E-state index is 12.5. The number of hydrogen-bond acceptors (Lipinski definition) is 3. The van der Waals surface area contributed by atoms with Gasteiger partial charge in [-0.15, -0.1) is 0 Å². The van der Waals surface area contributed by atoms with Crippen molar-refractivity contribution in [1.29, 1.82) is 0 Å². The molecule has 0 unspecified atom stereocenters. The highest BCUT2D eigenvalue weighted by atomic mass is 16.4. The van der Waals surface area contributed by atoms with Crippen molar-refractivity contribution in [3.63, 3.8) is 0 Å². The highest BCUT2D eigenvalue weighted by Crippen LogP contribution is 2.49. The van der Waals surface area contributed by atoms with E-state index in [1.807, 2.05) is 12.1 Å². The molecule has 1 amide bonds. The Kier molecular flexibility index (Phi) is 3.90. The van der Waals surface area contributed by atoms with Crippen LogP contribution in [0, 0.1) is 23.7 Å². The van der Waals surface area contributed by atoms with E-state index in [9.17, 15) is 14.7 Å². The molecular formula is C16H20N2O3. The first kappa shape index (κ1) is 14.0. The summed E-state index contributed by atoms with van der Waals surface area (Å²) in [6.07, 6.45) is 7.27. The van der Waals surface area contributed by atoms with Gasteiger partial charge in [0.1, 0.15) is 0 Å². The first-order valence-electron chi connectivity index (χ1n) is 7.56. The Bertz CT molecular complexity index is 524. The Labute approximate surface area is 123 Å². The lowest BCUT2D eigenvalue weighted by molar-refractivity contribution is -0.158. The fourth-order valence-electron chi connectivity index (χ4n) is 3.99. The molecule has 2 N–H and O–H groups in total. The number of carbonyl (C=O) groups excluding carboxylic acids is 1. The molecular weight excluding hydrogens is 268 g/mol. The maximum absolute atomic E-state index is 12.5. The normalized spacial score (nSPS) is 30.9. The van der Waals surface area contributed by atoms with Gasteiger partial charge in [-0.1, -0.05) is 6.07 Å².